The molecule has 0 radical (unpaired) electrons. The van der Waals surface area contributed by atoms with Crippen molar-refractivity contribution in [1.82, 2.24) is 24.8 Å². The fraction of sp³-hybridized carbons (Fsp3) is 0.409. The number of nitrogens with zero attached hydrogens (tertiary/aromatic N) is 4. The number of aryl methyl sites for hydroxylation is 2. The maximum absolute atomic E-state index is 13.3. The summed E-state index contributed by atoms with van der Waals surface area (Å²) < 4.78 is 1.84. The molecule has 0 atom stereocenters. The van der Waals surface area contributed by atoms with Gasteiger partial charge in [0.05, 0.1) is 17.6 Å². The number of nitrogens with one attached hydrogen (secondary N) is 2. The lowest BCUT2D eigenvalue weighted by molar-refractivity contribution is 0.0734. The molecule has 3 aromatic rings. The number of rotatable bonds is 4. The number of hydrogen-bond acceptors (Lipinski definition) is 6. The first-order valence-electron chi connectivity index (χ1n) is 10.6. The summed E-state index contributed by atoms with van der Waals surface area (Å²) in [7, 11) is 0. The fourth-order valence-electron chi connectivity index (χ4n) is 3.74. The van der Waals surface area contributed by atoms with Crippen LogP contribution in [0.4, 0.5) is 9.93 Å². The van der Waals surface area contributed by atoms with Gasteiger partial charge in [-0.1, -0.05) is 11.3 Å². The molecule has 0 spiro atoms. The van der Waals surface area contributed by atoms with Gasteiger partial charge in [-0.2, -0.15) is 0 Å². The first-order valence-corrected chi connectivity index (χ1v) is 11.4. The normalized spacial score (nSPS) is 13.3. The zero-order valence-electron chi connectivity index (χ0n) is 18.6. The van der Waals surface area contributed by atoms with Crippen molar-refractivity contribution in [3.63, 3.8) is 0 Å². The first-order chi connectivity index (χ1) is 15.3. The number of fused-ring (bicyclic) bond motifs is 2. The van der Waals surface area contributed by atoms with Gasteiger partial charge in [-0.15, -0.1) is 0 Å². The second kappa shape index (κ2) is 8.70. The average Bonchev–Trinajstić information content (AvgIpc) is 3.14. The Balaban J connectivity index is 1.59. The highest BCUT2D eigenvalue weighted by Gasteiger charge is 2.27. The molecule has 10 heteroatoms. The molecular weight excluding hydrogens is 428 g/mol. The molecule has 0 bridgehead atoms. The monoisotopic (exact) mass is 454 g/mol. The standard InChI is InChI=1S/C22H26N6O3S/c1-5-27-10-15(18(29)14-7-6-13(4)24-19(14)27)20(30)28-9-8-16-17(11-28)32-22(25-16)26-21(31)23-12(2)3/h6-7,10,12H,5,8-9,11H2,1-4H3,(H2,23,25,26,31). The Morgan fingerprint density at radius 1 is 1.25 bits per heavy atom. The molecule has 3 aromatic heterocycles. The van der Waals surface area contributed by atoms with Gasteiger partial charge >= 0.3 is 6.03 Å². The van der Waals surface area contributed by atoms with Gasteiger partial charge in [-0.3, -0.25) is 14.9 Å². The molecule has 0 aliphatic carbocycles. The van der Waals surface area contributed by atoms with Gasteiger partial charge in [0.15, 0.2) is 5.13 Å². The molecule has 32 heavy (non-hydrogen) atoms. The number of carbonyl (C=O) groups is 2. The number of anilines is 1. The summed E-state index contributed by atoms with van der Waals surface area (Å²) in [5, 5.41) is 6.46. The highest BCUT2D eigenvalue weighted by Crippen LogP contribution is 2.29. The third-order valence-electron chi connectivity index (χ3n) is 5.29. The Labute approximate surface area is 189 Å². The van der Waals surface area contributed by atoms with Gasteiger partial charge < -0.3 is 14.8 Å². The van der Waals surface area contributed by atoms with E-state index in [9.17, 15) is 14.4 Å². The van der Waals surface area contributed by atoms with Crippen molar-refractivity contribution in [3.8, 4) is 0 Å². The molecule has 1 aliphatic rings. The van der Waals surface area contributed by atoms with Crippen molar-refractivity contribution in [2.75, 3.05) is 11.9 Å². The first kappa shape index (κ1) is 21.9. The number of aromatic nitrogens is 3. The van der Waals surface area contributed by atoms with Crippen LogP contribution in [0.3, 0.4) is 0 Å². The van der Waals surface area contributed by atoms with Crippen LogP contribution in [0.2, 0.25) is 0 Å². The van der Waals surface area contributed by atoms with E-state index < -0.39 is 0 Å². The summed E-state index contributed by atoms with van der Waals surface area (Å²) in [6.07, 6.45) is 2.19. The minimum Gasteiger partial charge on any atom is -0.336 e. The molecule has 168 valence electrons. The lowest BCUT2D eigenvalue weighted by Crippen LogP contribution is -2.38. The van der Waals surface area contributed by atoms with E-state index >= 15 is 0 Å². The molecule has 3 amide bonds. The molecular formula is C22H26N6O3S. The van der Waals surface area contributed by atoms with E-state index in [1.165, 1.54) is 11.3 Å². The predicted octanol–water partition coefficient (Wildman–Crippen LogP) is 2.91. The van der Waals surface area contributed by atoms with E-state index in [4.69, 9.17) is 0 Å². The smallest absolute Gasteiger partial charge is 0.321 e. The van der Waals surface area contributed by atoms with E-state index in [0.717, 1.165) is 16.3 Å². The number of pyridine rings is 2. The molecule has 4 heterocycles. The van der Waals surface area contributed by atoms with Gasteiger partial charge in [-0.25, -0.2) is 14.8 Å². The third-order valence-corrected chi connectivity index (χ3v) is 6.29. The number of thiazole rings is 1. The SMILES string of the molecule is CCn1cc(C(=O)N2CCc3nc(NC(=O)NC(C)C)sc3C2)c(=O)c2ccc(C)nc21. The second-order valence-electron chi connectivity index (χ2n) is 8.10. The lowest BCUT2D eigenvalue weighted by atomic mass is 10.1. The molecule has 0 saturated heterocycles. The van der Waals surface area contributed by atoms with Crippen molar-refractivity contribution in [2.45, 2.75) is 53.2 Å². The molecule has 0 aromatic carbocycles. The summed E-state index contributed by atoms with van der Waals surface area (Å²) in [5.41, 5.74) is 2.13. The molecule has 1 aliphatic heterocycles. The van der Waals surface area contributed by atoms with E-state index in [1.807, 2.05) is 32.3 Å². The van der Waals surface area contributed by atoms with E-state index in [1.54, 1.807) is 23.2 Å². The van der Waals surface area contributed by atoms with Crippen molar-refractivity contribution < 1.29 is 9.59 Å². The topological polar surface area (TPSA) is 109 Å². The van der Waals surface area contributed by atoms with Gasteiger partial charge in [0.25, 0.3) is 5.91 Å². The fourth-order valence-corrected chi connectivity index (χ4v) is 4.76. The zero-order valence-corrected chi connectivity index (χ0v) is 19.4. The largest absolute Gasteiger partial charge is 0.336 e. The molecule has 0 saturated carbocycles. The maximum Gasteiger partial charge on any atom is 0.321 e. The Morgan fingerprint density at radius 2 is 2.03 bits per heavy atom. The van der Waals surface area contributed by atoms with E-state index in [0.29, 0.717) is 42.2 Å². The summed E-state index contributed by atoms with van der Waals surface area (Å²) >= 11 is 1.35. The van der Waals surface area contributed by atoms with Crippen molar-refractivity contribution in [3.05, 3.63) is 50.4 Å². The van der Waals surface area contributed by atoms with Gasteiger partial charge in [0.1, 0.15) is 11.2 Å². The van der Waals surface area contributed by atoms with Crippen LogP contribution < -0.4 is 16.1 Å². The van der Waals surface area contributed by atoms with Crippen LogP contribution in [0.25, 0.3) is 11.0 Å². The number of carbonyl (C=O) groups excluding carboxylic acids is 2. The van der Waals surface area contributed by atoms with E-state index in [-0.39, 0.29) is 29.0 Å². The van der Waals surface area contributed by atoms with Crippen molar-refractivity contribution in [1.29, 1.82) is 0 Å². The predicted molar refractivity (Wildman–Crippen MR) is 124 cm³/mol. The van der Waals surface area contributed by atoms with Crippen molar-refractivity contribution >= 4 is 39.4 Å². The lowest BCUT2D eigenvalue weighted by Gasteiger charge is -2.26. The van der Waals surface area contributed by atoms with Crippen LogP contribution in [0.15, 0.2) is 23.1 Å². The number of urea groups is 1. The van der Waals surface area contributed by atoms with Crippen LogP contribution in [0.5, 0.6) is 0 Å². The molecule has 4 rings (SSSR count). The summed E-state index contributed by atoms with van der Waals surface area (Å²) in [4.78, 5) is 49.9. The second-order valence-corrected chi connectivity index (χ2v) is 9.18. The molecule has 0 fully saturated rings. The summed E-state index contributed by atoms with van der Waals surface area (Å²) in [6, 6.07) is 3.23. The van der Waals surface area contributed by atoms with Gasteiger partial charge in [-0.05, 0) is 39.8 Å². The third kappa shape index (κ3) is 4.22. The summed E-state index contributed by atoms with van der Waals surface area (Å²) in [6.45, 7) is 9.01. The van der Waals surface area contributed by atoms with Crippen LogP contribution >= 0.6 is 11.3 Å². The maximum atomic E-state index is 13.3. The van der Waals surface area contributed by atoms with Crippen LogP contribution in [0.1, 0.15) is 47.4 Å². The Bertz CT molecular complexity index is 1260. The Hall–Kier alpha value is -3.27. The highest BCUT2D eigenvalue weighted by molar-refractivity contribution is 7.15. The van der Waals surface area contributed by atoms with Gasteiger partial charge in [0.2, 0.25) is 5.43 Å². The van der Waals surface area contributed by atoms with Crippen LogP contribution in [-0.2, 0) is 19.5 Å². The van der Waals surface area contributed by atoms with Gasteiger partial charge in [0, 0.05) is 42.3 Å². The minimum atomic E-state index is -0.306. The average molecular weight is 455 g/mol. The molecule has 0 unspecified atom stereocenters. The number of hydrogen-bond donors (Lipinski definition) is 2. The molecule has 9 nitrogen and oxygen atoms in total. The van der Waals surface area contributed by atoms with Crippen molar-refractivity contribution in [2.24, 2.45) is 0 Å². The van der Waals surface area contributed by atoms with E-state index in [2.05, 4.69) is 20.6 Å². The van der Waals surface area contributed by atoms with Crippen LogP contribution in [0, 0.1) is 6.92 Å². The zero-order chi connectivity index (χ0) is 23.0. The minimum absolute atomic E-state index is 0.0194. The Morgan fingerprint density at radius 3 is 2.75 bits per heavy atom. The quantitative estimate of drug-likeness (QED) is 0.630. The highest BCUT2D eigenvalue weighted by atomic mass is 32.1. The summed E-state index contributed by atoms with van der Waals surface area (Å²) in [5.74, 6) is -0.300. The molecule has 2 N–H and O–H groups in total. The van der Waals surface area contributed by atoms with Crippen LogP contribution in [-0.4, -0.2) is 44.0 Å². The number of amides is 3. The Kier molecular flexibility index (Phi) is 5.96.